The van der Waals surface area contributed by atoms with Crippen LogP contribution in [0.4, 0.5) is 5.69 Å². The Bertz CT molecular complexity index is 828. The van der Waals surface area contributed by atoms with Crippen LogP contribution in [0.3, 0.4) is 0 Å². The van der Waals surface area contributed by atoms with Crippen molar-refractivity contribution in [3.63, 3.8) is 0 Å². The summed E-state index contributed by atoms with van der Waals surface area (Å²) in [4.78, 5) is 24.5. The predicted molar refractivity (Wildman–Crippen MR) is 94.6 cm³/mol. The zero-order valence-corrected chi connectivity index (χ0v) is 14.4. The van der Waals surface area contributed by atoms with Gasteiger partial charge in [0.2, 0.25) is 5.91 Å². The van der Waals surface area contributed by atoms with Gasteiger partial charge in [0, 0.05) is 19.3 Å². The maximum absolute atomic E-state index is 13.0. The van der Waals surface area contributed by atoms with Gasteiger partial charge in [-0.05, 0) is 43.5 Å². The number of carbonyl (C=O) groups excluding carboxylic acids is 1. The lowest BCUT2D eigenvalue weighted by Gasteiger charge is -2.37. The van der Waals surface area contributed by atoms with Crippen molar-refractivity contribution in [2.75, 3.05) is 18.4 Å². The van der Waals surface area contributed by atoms with Crippen LogP contribution in [0.25, 0.3) is 11.1 Å². The highest BCUT2D eigenvalue weighted by Crippen LogP contribution is 2.44. The molecule has 24 heavy (non-hydrogen) atoms. The number of aromatic nitrogens is 1. The topological polar surface area (TPSA) is 76.3 Å². The first-order valence-corrected chi connectivity index (χ1v) is 8.22. The van der Waals surface area contributed by atoms with Crippen LogP contribution in [0.5, 0.6) is 0 Å². The van der Waals surface area contributed by atoms with E-state index in [1.54, 1.807) is 25.2 Å². The molecule has 0 unspecified atom stereocenters. The average Bonchev–Trinajstić information content (AvgIpc) is 3.11. The van der Waals surface area contributed by atoms with Gasteiger partial charge in [-0.15, -0.1) is 12.4 Å². The Hall–Kier alpha value is -1.79. The van der Waals surface area contributed by atoms with Crippen LogP contribution in [0, 0.1) is 11.3 Å². The third kappa shape index (κ3) is 2.54. The van der Waals surface area contributed by atoms with Gasteiger partial charge in [0.15, 0.2) is 5.58 Å². The fourth-order valence-electron chi connectivity index (χ4n) is 4.15. The Morgan fingerprint density at radius 1 is 1.42 bits per heavy atom. The van der Waals surface area contributed by atoms with Crippen LogP contribution >= 0.6 is 12.4 Å². The third-order valence-electron chi connectivity index (χ3n) is 5.54. The Morgan fingerprint density at radius 3 is 3.08 bits per heavy atom. The van der Waals surface area contributed by atoms with Crippen LogP contribution < -0.4 is 16.4 Å². The molecule has 1 aromatic heterocycles. The second-order valence-electron chi connectivity index (χ2n) is 6.79. The molecule has 2 fully saturated rings. The molecule has 2 atom stereocenters. The van der Waals surface area contributed by atoms with Gasteiger partial charge in [0.1, 0.15) is 0 Å². The summed E-state index contributed by atoms with van der Waals surface area (Å²) in [5, 5.41) is 6.46. The minimum Gasteiger partial charge on any atom is -0.408 e. The minimum absolute atomic E-state index is 0. The molecule has 2 heterocycles. The molecule has 4 rings (SSSR count). The highest BCUT2D eigenvalue weighted by atomic mass is 35.5. The Balaban J connectivity index is 0.00000169. The van der Waals surface area contributed by atoms with Crippen LogP contribution in [-0.2, 0) is 11.8 Å². The quantitative estimate of drug-likeness (QED) is 0.870. The first-order valence-electron chi connectivity index (χ1n) is 8.22. The number of anilines is 1. The van der Waals surface area contributed by atoms with E-state index in [0.29, 0.717) is 22.7 Å². The Kier molecular flexibility index (Phi) is 4.44. The number of amides is 1. The molecule has 130 valence electrons. The molecule has 0 spiro atoms. The van der Waals surface area contributed by atoms with E-state index in [0.717, 1.165) is 32.4 Å². The van der Waals surface area contributed by atoms with Gasteiger partial charge in [-0.3, -0.25) is 9.36 Å². The lowest BCUT2D eigenvalue weighted by atomic mass is 9.67. The number of hydrogen-bond acceptors (Lipinski definition) is 4. The Morgan fingerprint density at radius 2 is 2.25 bits per heavy atom. The predicted octanol–water partition coefficient (Wildman–Crippen LogP) is 2.27. The zero-order valence-electron chi connectivity index (χ0n) is 13.6. The molecule has 1 saturated carbocycles. The van der Waals surface area contributed by atoms with Crippen molar-refractivity contribution in [3.8, 4) is 0 Å². The van der Waals surface area contributed by atoms with Crippen molar-refractivity contribution in [2.45, 2.75) is 25.7 Å². The maximum atomic E-state index is 13.0. The molecule has 2 aliphatic rings. The van der Waals surface area contributed by atoms with E-state index in [1.165, 1.54) is 11.0 Å². The second-order valence-corrected chi connectivity index (χ2v) is 6.79. The molecule has 0 radical (unpaired) electrons. The molecule has 7 heteroatoms. The molecule has 1 amide bonds. The van der Waals surface area contributed by atoms with Crippen molar-refractivity contribution < 1.29 is 9.21 Å². The first-order chi connectivity index (χ1) is 11.1. The number of hydrogen-bond donors (Lipinski definition) is 2. The van der Waals surface area contributed by atoms with E-state index in [2.05, 4.69) is 10.6 Å². The zero-order chi connectivity index (χ0) is 16.0. The second kappa shape index (κ2) is 6.26. The molecular weight excluding hydrogens is 330 g/mol. The number of nitrogens with zero attached hydrogens (tertiary/aromatic N) is 1. The molecule has 6 nitrogen and oxygen atoms in total. The van der Waals surface area contributed by atoms with Crippen LogP contribution in [0.1, 0.15) is 25.7 Å². The number of halogens is 1. The van der Waals surface area contributed by atoms with Crippen LogP contribution in [0.15, 0.2) is 27.4 Å². The smallest absolute Gasteiger partial charge is 0.408 e. The molecule has 0 bridgehead atoms. The number of benzene rings is 1. The highest BCUT2D eigenvalue weighted by Gasteiger charge is 2.49. The summed E-state index contributed by atoms with van der Waals surface area (Å²) in [6, 6.07) is 5.32. The third-order valence-corrected chi connectivity index (χ3v) is 5.54. The van der Waals surface area contributed by atoms with Gasteiger partial charge in [-0.1, -0.05) is 12.8 Å². The van der Waals surface area contributed by atoms with E-state index in [1.807, 2.05) is 0 Å². The standard InChI is InChI=1S/C17H21N3O3.ClH/c1-20-13-8-12(5-6-14(13)23-16(20)22)19-15(21)17-7-3-2-4-11(17)9-18-10-17;/h5-6,8,11,18H,2-4,7,9-10H2,1H3,(H,19,21);1H/t11-,17+;/m0./s1. The molecular formula is C17H22ClN3O3. The molecule has 2 aromatic rings. The fourth-order valence-corrected chi connectivity index (χ4v) is 4.15. The summed E-state index contributed by atoms with van der Waals surface area (Å²) in [6.07, 6.45) is 4.39. The molecule has 1 aliphatic heterocycles. The number of oxazole rings is 1. The SMILES string of the molecule is Cl.Cn1c(=O)oc2ccc(NC(=O)[C@@]34CCCC[C@H]3CNC4)cc21. The van der Waals surface area contributed by atoms with E-state index < -0.39 is 5.76 Å². The summed E-state index contributed by atoms with van der Waals surface area (Å²) >= 11 is 0. The van der Waals surface area contributed by atoms with Crippen molar-refractivity contribution >= 4 is 35.1 Å². The van der Waals surface area contributed by atoms with Crippen molar-refractivity contribution in [2.24, 2.45) is 18.4 Å². The summed E-state index contributed by atoms with van der Waals surface area (Å²) in [5.41, 5.74) is 1.65. The number of nitrogens with one attached hydrogen (secondary N) is 2. The van der Waals surface area contributed by atoms with Crippen molar-refractivity contribution in [3.05, 3.63) is 28.7 Å². The van der Waals surface area contributed by atoms with Gasteiger partial charge in [0.25, 0.3) is 0 Å². The van der Waals surface area contributed by atoms with Crippen molar-refractivity contribution in [1.82, 2.24) is 9.88 Å². The normalized spacial score (nSPS) is 26.0. The summed E-state index contributed by atoms with van der Waals surface area (Å²) in [6.45, 7) is 1.69. The van der Waals surface area contributed by atoms with E-state index in [-0.39, 0.29) is 23.7 Å². The summed E-state index contributed by atoms with van der Waals surface area (Å²) in [7, 11) is 1.66. The van der Waals surface area contributed by atoms with Gasteiger partial charge < -0.3 is 15.1 Å². The maximum Gasteiger partial charge on any atom is 0.419 e. The number of rotatable bonds is 2. The fraction of sp³-hybridized carbons (Fsp3) is 0.529. The number of carbonyl (C=O) groups is 1. The minimum atomic E-state index is -0.394. The lowest BCUT2D eigenvalue weighted by molar-refractivity contribution is -0.128. The van der Waals surface area contributed by atoms with Gasteiger partial charge in [0.05, 0.1) is 10.9 Å². The molecule has 1 saturated heterocycles. The largest absolute Gasteiger partial charge is 0.419 e. The number of aryl methyl sites for hydroxylation is 1. The van der Waals surface area contributed by atoms with Crippen LogP contribution in [0.2, 0.25) is 0 Å². The number of fused-ring (bicyclic) bond motifs is 2. The van der Waals surface area contributed by atoms with E-state index in [4.69, 9.17) is 4.42 Å². The van der Waals surface area contributed by atoms with Crippen molar-refractivity contribution in [1.29, 1.82) is 0 Å². The van der Waals surface area contributed by atoms with Gasteiger partial charge in [-0.25, -0.2) is 4.79 Å². The molecule has 1 aromatic carbocycles. The molecule has 1 aliphatic carbocycles. The Labute approximate surface area is 146 Å². The monoisotopic (exact) mass is 351 g/mol. The van der Waals surface area contributed by atoms with Crippen LogP contribution in [-0.4, -0.2) is 23.6 Å². The summed E-state index contributed by atoms with van der Waals surface area (Å²) in [5.74, 6) is 0.132. The lowest BCUT2D eigenvalue weighted by Crippen LogP contribution is -2.44. The van der Waals surface area contributed by atoms with Gasteiger partial charge in [-0.2, -0.15) is 0 Å². The average molecular weight is 352 g/mol. The van der Waals surface area contributed by atoms with E-state index in [9.17, 15) is 9.59 Å². The highest BCUT2D eigenvalue weighted by molar-refractivity contribution is 5.97. The van der Waals surface area contributed by atoms with Gasteiger partial charge >= 0.3 is 5.76 Å². The van der Waals surface area contributed by atoms with E-state index >= 15 is 0 Å². The summed E-state index contributed by atoms with van der Waals surface area (Å²) < 4.78 is 6.58. The first kappa shape index (κ1) is 17.0. The molecule has 2 N–H and O–H groups in total.